The molecule has 2 unspecified atom stereocenters. The molecule has 24 heavy (non-hydrogen) atoms. The van der Waals surface area contributed by atoms with Crippen molar-refractivity contribution in [1.82, 2.24) is 10.2 Å². The van der Waals surface area contributed by atoms with E-state index >= 15 is 0 Å². The van der Waals surface area contributed by atoms with Crippen molar-refractivity contribution < 1.29 is 19.1 Å². The van der Waals surface area contributed by atoms with E-state index in [2.05, 4.69) is 5.32 Å². The van der Waals surface area contributed by atoms with Crippen molar-refractivity contribution in [1.29, 1.82) is 0 Å². The van der Waals surface area contributed by atoms with Crippen LogP contribution >= 0.6 is 0 Å². The molecule has 0 spiro atoms. The van der Waals surface area contributed by atoms with E-state index in [-0.39, 0.29) is 18.0 Å². The van der Waals surface area contributed by atoms with Gasteiger partial charge < -0.3 is 19.7 Å². The monoisotopic (exact) mass is 342 g/mol. The fraction of sp³-hybridized carbons (Fsp3) is 0.889. The Hall–Kier alpha value is -1.30. The molecule has 1 aliphatic rings. The second-order valence-corrected chi connectivity index (χ2v) is 7.45. The van der Waals surface area contributed by atoms with Crippen LogP contribution in [0.5, 0.6) is 0 Å². The highest BCUT2D eigenvalue weighted by atomic mass is 16.6. The Morgan fingerprint density at radius 3 is 2.54 bits per heavy atom. The Bertz CT molecular complexity index is 406. The van der Waals surface area contributed by atoms with Gasteiger partial charge in [-0.25, -0.2) is 4.79 Å². The van der Waals surface area contributed by atoms with Gasteiger partial charge in [-0.3, -0.25) is 4.79 Å². The van der Waals surface area contributed by atoms with Crippen LogP contribution in [-0.4, -0.2) is 55.3 Å². The van der Waals surface area contributed by atoms with Gasteiger partial charge in [-0.15, -0.1) is 0 Å². The number of ether oxygens (including phenoxy) is 2. The third-order valence-electron chi connectivity index (χ3n) is 4.28. The average Bonchev–Trinajstić information content (AvgIpc) is 2.52. The van der Waals surface area contributed by atoms with Crippen LogP contribution in [0.15, 0.2) is 0 Å². The van der Waals surface area contributed by atoms with Gasteiger partial charge in [0.2, 0.25) is 0 Å². The molecule has 0 radical (unpaired) electrons. The number of hydrogen-bond acceptors (Lipinski definition) is 5. The number of nitrogens with one attached hydrogen (secondary N) is 1. The first-order chi connectivity index (χ1) is 11.3. The minimum Gasteiger partial charge on any atom is -0.469 e. The molecule has 0 bridgehead atoms. The first-order valence-electron chi connectivity index (χ1n) is 9.06. The van der Waals surface area contributed by atoms with E-state index in [0.29, 0.717) is 19.1 Å². The molecular weight excluding hydrogens is 308 g/mol. The topological polar surface area (TPSA) is 67.9 Å². The summed E-state index contributed by atoms with van der Waals surface area (Å²) in [6.07, 6.45) is 4.52. The fourth-order valence-electron chi connectivity index (χ4n) is 3.04. The summed E-state index contributed by atoms with van der Waals surface area (Å²) in [5.74, 6) is -0.0706. The van der Waals surface area contributed by atoms with Crippen LogP contribution in [0.25, 0.3) is 0 Å². The third-order valence-corrected chi connectivity index (χ3v) is 4.28. The number of rotatable bonds is 7. The van der Waals surface area contributed by atoms with Crippen LogP contribution in [0.4, 0.5) is 4.79 Å². The SMILES string of the molecule is CCN(CCCNC1CCCC(C(=O)OC)C1)C(=O)OC(C)(C)C. The third kappa shape index (κ3) is 7.51. The van der Waals surface area contributed by atoms with E-state index in [1.54, 1.807) is 4.90 Å². The molecule has 0 aromatic carbocycles. The second kappa shape index (κ2) is 9.87. The lowest BCUT2D eigenvalue weighted by molar-refractivity contribution is -0.146. The molecule has 0 saturated heterocycles. The zero-order chi connectivity index (χ0) is 18.2. The van der Waals surface area contributed by atoms with Gasteiger partial charge in [-0.2, -0.15) is 0 Å². The Morgan fingerprint density at radius 1 is 1.25 bits per heavy atom. The van der Waals surface area contributed by atoms with Crippen molar-refractivity contribution in [2.75, 3.05) is 26.7 Å². The number of hydrogen-bond donors (Lipinski definition) is 1. The van der Waals surface area contributed by atoms with Gasteiger partial charge >= 0.3 is 12.1 Å². The van der Waals surface area contributed by atoms with Gasteiger partial charge in [-0.05, 0) is 59.9 Å². The van der Waals surface area contributed by atoms with Gasteiger partial charge in [0.15, 0.2) is 0 Å². The summed E-state index contributed by atoms with van der Waals surface area (Å²) in [5.41, 5.74) is -0.465. The Balaban J connectivity index is 2.28. The summed E-state index contributed by atoms with van der Waals surface area (Å²) in [5, 5.41) is 3.51. The van der Waals surface area contributed by atoms with Crippen molar-refractivity contribution in [2.24, 2.45) is 5.92 Å². The number of carbonyl (C=O) groups is 2. The Morgan fingerprint density at radius 2 is 1.96 bits per heavy atom. The molecule has 6 nitrogen and oxygen atoms in total. The maximum atomic E-state index is 12.1. The van der Waals surface area contributed by atoms with Gasteiger partial charge in [0.25, 0.3) is 0 Å². The van der Waals surface area contributed by atoms with Gasteiger partial charge in [0.05, 0.1) is 13.0 Å². The average molecular weight is 342 g/mol. The van der Waals surface area contributed by atoms with Crippen molar-refractivity contribution in [3.63, 3.8) is 0 Å². The van der Waals surface area contributed by atoms with Crippen LogP contribution in [0, 0.1) is 5.92 Å². The molecule has 1 fully saturated rings. The Labute approximate surface area is 146 Å². The van der Waals surface area contributed by atoms with Crippen molar-refractivity contribution >= 4 is 12.1 Å². The quantitative estimate of drug-likeness (QED) is 0.569. The van der Waals surface area contributed by atoms with Gasteiger partial charge in [-0.1, -0.05) is 6.42 Å². The summed E-state index contributed by atoms with van der Waals surface area (Å²) in [6, 6.07) is 0.361. The highest BCUT2D eigenvalue weighted by Gasteiger charge is 2.27. The Kier molecular flexibility index (Phi) is 8.53. The molecule has 1 aliphatic carbocycles. The van der Waals surface area contributed by atoms with Crippen LogP contribution in [0.2, 0.25) is 0 Å². The molecule has 0 aliphatic heterocycles. The highest BCUT2D eigenvalue weighted by molar-refractivity contribution is 5.72. The number of carbonyl (C=O) groups excluding carboxylic acids is 2. The maximum absolute atomic E-state index is 12.1. The highest BCUT2D eigenvalue weighted by Crippen LogP contribution is 2.25. The fourth-order valence-corrected chi connectivity index (χ4v) is 3.04. The zero-order valence-electron chi connectivity index (χ0n) is 15.9. The number of methoxy groups -OCH3 is 1. The number of nitrogens with zero attached hydrogens (tertiary/aromatic N) is 1. The summed E-state index contributed by atoms with van der Waals surface area (Å²) in [7, 11) is 1.45. The van der Waals surface area contributed by atoms with Crippen LogP contribution in [0.3, 0.4) is 0 Å². The van der Waals surface area contributed by atoms with Crippen molar-refractivity contribution in [3.8, 4) is 0 Å². The molecule has 0 heterocycles. The first-order valence-corrected chi connectivity index (χ1v) is 9.06. The molecule has 1 N–H and O–H groups in total. The predicted molar refractivity (Wildman–Crippen MR) is 93.9 cm³/mol. The molecule has 1 saturated carbocycles. The maximum Gasteiger partial charge on any atom is 0.410 e. The molecule has 0 aromatic rings. The van der Waals surface area contributed by atoms with Crippen molar-refractivity contribution in [3.05, 3.63) is 0 Å². The number of amides is 1. The predicted octanol–water partition coefficient (Wildman–Crippen LogP) is 2.95. The minimum atomic E-state index is -0.465. The van der Waals surface area contributed by atoms with E-state index in [0.717, 1.165) is 38.6 Å². The van der Waals surface area contributed by atoms with E-state index in [1.807, 2.05) is 27.7 Å². The zero-order valence-corrected chi connectivity index (χ0v) is 15.9. The molecule has 2 atom stereocenters. The van der Waals surface area contributed by atoms with E-state index in [9.17, 15) is 9.59 Å². The van der Waals surface area contributed by atoms with Crippen LogP contribution in [0.1, 0.15) is 59.8 Å². The molecular formula is C18H34N2O4. The van der Waals surface area contributed by atoms with Gasteiger partial charge in [0.1, 0.15) is 5.60 Å². The molecule has 1 amide bonds. The first kappa shape index (κ1) is 20.7. The van der Waals surface area contributed by atoms with E-state index in [4.69, 9.17) is 9.47 Å². The standard InChI is InChI=1S/C18H34N2O4/c1-6-20(17(22)24-18(2,3)4)12-8-11-19-15-10-7-9-14(13-15)16(21)23-5/h14-15,19H,6-13H2,1-5H3. The molecule has 140 valence electrons. The lowest BCUT2D eigenvalue weighted by Gasteiger charge is -2.29. The normalized spacial score (nSPS) is 21.2. The van der Waals surface area contributed by atoms with Crippen LogP contribution < -0.4 is 5.32 Å². The molecule has 1 rings (SSSR count). The second-order valence-electron chi connectivity index (χ2n) is 7.45. The molecule has 6 heteroatoms. The van der Waals surface area contributed by atoms with Crippen molar-refractivity contribution in [2.45, 2.75) is 71.4 Å². The lowest BCUT2D eigenvalue weighted by atomic mass is 9.85. The smallest absolute Gasteiger partial charge is 0.410 e. The van der Waals surface area contributed by atoms with E-state index < -0.39 is 5.60 Å². The minimum absolute atomic E-state index is 0.0233. The number of esters is 1. The lowest BCUT2D eigenvalue weighted by Crippen LogP contribution is -2.40. The largest absolute Gasteiger partial charge is 0.469 e. The summed E-state index contributed by atoms with van der Waals surface area (Å²) >= 11 is 0. The molecule has 0 aromatic heterocycles. The van der Waals surface area contributed by atoms with Crippen LogP contribution in [-0.2, 0) is 14.3 Å². The summed E-state index contributed by atoms with van der Waals surface area (Å²) in [6.45, 7) is 9.73. The van der Waals surface area contributed by atoms with E-state index in [1.165, 1.54) is 7.11 Å². The van der Waals surface area contributed by atoms with Gasteiger partial charge in [0, 0.05) is 19.1 Å². The summed E-state index contributed by atoms with van der Waals surface area (Å²) < 4.78 is 10.3. The summed E-state index contributed by atoms with van der Waals surface area (Å²) in [4.78, 5) is 25.4.